The van der Waals surface area contributed by atoms with Crippen LogP contribution in [0.15, 0.2) is 0 Å². The quantitative estimate of drug-likeness (QED) is 0.437. The first kappa shape index (κ1) is 11.4. The van der Waals surface area contributed by atoms with Crippen LogP contribution in [-0.4, -0.2) is 36.9 Å². The van der Waals surface area contributed by atoms with Crippen LogP contribution in [0.3, 0.4) is 0 Å². The predicted molar refractivity (Wildman–Crippen MR) is 45.8 cm³/mol. The van der Waals surface area contributed by atoms with Crippen LogP contribution in [0.1, 0.15) is 20.3 Å². The third kappa shape index (κ3) is 7.50. The lowest BCUT2D eigenvalue weighted by molar-refractivity contribution is -0.143. The molecule has 0 aliphatic carbocycles. The summed E-state index contributed by atoms with van der Waals surface area (Å²) < 4.78 is 4.71. The van der Waals surface area contributed by atoms with Gasteiger partial charge >= 0.3 is 5.97 Å². The summed E-state index contributed by atoms with van der Waals surface area (Å²) in [5, 5.41) is 11.8. The van der Waals surface area contributed by atoms with Crippen LogP contribution in [-0.2, 0) is 9.53 Å². The van der Waals surface area contributed by atoms with Crippen LogP contribution in [0.4, 0.5) is 0 Å². The number of carbonyl (C=O) groups is 1. The minimum absolute atomic E-state index is 0.199. The summed E-state index contributed by atoms with van der Waals surface area (Å²) in [6.45, 7) is 4.97. The minimum atomic E-state index is -0.368. The van der Waals surface area contributed by atoms with Crippen molar-refractivity contribution < 1.29 is 14.6 Å². The van der Waals surface area contributed by atoms with E-state index in [0.29, 0.717) is 26.1 Å². The molecule has 0 spiro atoms. The van der Waals surface area contributed by atoms with Gasteiger partial charge in [-0.25, -0.2) is 0 Å². The van der Waals surface area contributed by atoms with Gasteiger partial charge in [-0.3, -0.25) is 4.79 Å². The van der Waals surface area contributed by atoms with Gasteiger partial charge in [-0.1, -0.05) is 0 Å². The molecule has 2 N–H and O–H groups in total. The number of aliphatic hydroxyl groups excluding tert-OH is 1. The molecule has 4 nitrogen and oxygen atoms in total. The number of rotatable bonds is 6. The minimum Gasteiger partial charge on any atom is -0.466 e. The standard InChI is InChI=1S/C8H17NO3/c1-3-12-8(11)4-5-9-6-7(2)10/h7,9-10H,3-6H2,1-2H3. The molecule has 0 bridgehead atoms. The largest absolute Gasteiger partial charge is 0.466 e. The Labute approximate surface area is 72.9 Å². The molecule has 72 valence electrons. The fourth-order valence-corrected chi connectivity index (χ4v) is 0.735. The van der Waals surface area contributed by atoms with E-state index < -0.39 is 0 Å². The fourth-order valence-electron chi connectivity index (χ4n) is 0.735. The number of esters is 1. The van der Waals surface area contributed by atoms with Crippen LogP contribution in [0.5, 0.6) is 0 Å². The lowest BCUT2D eigenvalue weighted by atomic mass is 10.4. The third-order valence-corrected chi connectivity index (χ3v) is 1.25. The number of hydrogen-bond donors (Lipinski definition) is 2. The summed E-state index contributed by atoms with van der Waals surface area (Å²) in [6, 6.07) is 0. The summed E-state index contributed by atoms with van der Waals surface area (Å²) in [6.07, 6.45) is -0.00667. The zero-order chi connectivity index (χ0) is 9.40. The second kappa shape index (κ2) is 7.06. The second-order valence-electron chi connectivity index (χ2n) is 2.61. The molecule has 0 aromatic rings. The van der Waals surface area contributed by atoms with Gasteiger partial charge < -0.3 is 15.2 Å². The van der Waals surface area contributed by atoms with Gasteiger partial charge in [-0.15, -0.1) is 0 Å². The number of nitrogens with one attached hydrogen (secondary N) is 1. The fraction of sp³-hybridized carbons (Fsp3) is 0.875. The maximum Gasteiger partial charge on any atom is 0.307 e. The monoisotopic (exact) mass is 175 g/mol. The van der Waals surface area contributed by atoms with Crippen molar-refractivity contribution in [2.75, 3.05) is 19.7 Å². The molecule has 0 rings (SSSR count). The molecule has 0 saturated heterocycles. The number of ether oxygens (including phenoxy) is 1. The van der Waals surface area contributed by atoms with E-state index in [1.807, 2.05) is 0 Å². The van der Waals surface area contributed by atoms with E-state index in [4.69, 9.17) is 9.84 Å². The van der Waals surface area contributed by atoms with Crippen molar-refractivity contribution in [2.24, 2.45) is 0 Å². The average molecular weight is 175 g/mol. The lowest BCUT2D eigenvalue weighted by Crippen LogP contribution is -2.26. The highest BCUT2D eigenvalue weighted by molar-refractivity contribution is 5.69. The van der Waals surface area contributed by atoms with Gasteiger partial charge in [-0.05, 0) is 13.8 Å². The highest BCUT2D eigenvalue weighted by Crippen LogP contribution is 1.84. The molecule has 12 heavy (non-hydrogen) atoms. The van der Waals surface area contributed by atoms with Crippen LogP contribution in [0, 0.1) is 0 Å². The molecular weight excluding hydrogens is 158 g/mol. The second-order valence-corrected chi connectivity index (χ2v) is 2.61. The topological polar surface area (TPSA) is 58.6 Å². The summed E-state index contributed by atoms with van der Waals surface area (Å²) >= 11 is 0. The highest BCUT2D eigenvalue weighted by Gasteiger charge is 2.00. The predicted octanol–water partition coefficient (Wildman–Crippen LogP) is -0.0900. The molecule has 0 fully saturated rings. The number of aliphatic hydroxyl groups is 1. The molecule has 1 atom stereocenters. The Balaban J connectivity index is 3.14. The summed E-state index contributed by atoms with van der Waals surface area (Å²) in [7, 11) is 0. The lowest BCUT2D eigenvalue weighted by Gasteiger charge is -2.05. The van der Waals surface area contributed by atoms with E-state index in [9.17, 15) is 4.79 Å². The Bertz CT molecular complexity index is 125. The van der Waals surface area contributed by atoms with E-state index in [1.165, 1.54) is 0 Å². The van der Waals surface area contributed by atoms with Crippen LogP contribution < -0.4 is 5.32 Å². The van der Waals surface area contributed by atoms with Crippen LogP contribution >= 0.6 is 0 Å². The summed E-state index contributed by atoms with van der Waals surface area (Å²) in [4.78, 5) is 10.8. The molecule has 0 aliphatic heterocycles. The number of carbonyl (C=O) groups excluding carboxylic acids is 1. The van der Waals surface area contributed by atoms with Crippen molar-refractivity contribution >= 4 is 5.97 Å². The molecule has 0 saturated carbocycles. The van der Waals surface area contributed by atoms with Crippen molar-refractivity contribution in [3.8, 4) is 0 Å². The summed E-state index contributed by atoms with van der Waals surface area (Å²) in [5.74, 6) is -0.199. The molecule has 0 radical (unpaired) electrons. The van der Waals surface area contributed by atoms with Crippen molar-refractivity contribution in [2.45, 2.75) is 26.4 Å². The molecule has 4 heteroatoms. The van der Waals surface area contributed by atoms with Gasteiger partial charge in [0.15, 0.2) is 0 Å². The first-order valence-electron chi connectivity index (χ1n) is 4.21. The molecule has 0 heterocycles. The van der Waals surface area contributed by atoms with E-state index in [0.717, 1.165) is 0 Å². The maximum atomic E-state index is 10.8. The Kier molecular flexibility index (Phi) is 6.70. The van der Waals surface area contributed by atoms with Crippen molar-refractivity contribution in [1.29, 1.82) is 0 Å². The Morgan fingerprint density at radius 1 is 1.67 bits per heavy atom. The Morgan fingerprint density at radius 3 is 2.83 bits per heavy atom. The van der Waals surface area contributed by atoms with Crippen molar-refractivity contribution in [3.05, 3.63) is 0 Å². The molecule has 0 aromatic heterocycles. The third-order valence-electron chi connectivity index (χ3n) is 1.25. The van der Waals surface area contributed by atoms with Gasteiger partial charge in [0.25, 0.3) is 0 Å². The van der Waals surface area contributed by atoms with Crippen molar-refractivity contribution in [1.82, 2.24) is 5.32 Å². The number of hydrogen-bond acceptors (Lipinski definition) is 4. The van der Waals surface area contributed by atoms with Gasteiger partial charge in [0.1, 0.15) is 0 Å². The van der Waals surface area contributed by atoms with E-state index >= 15 is 0 Å². The zero-order valence-corrected chi connectivity index (χ0v) is 7.67. The van der Waals surface area contributed by atoms with Gasteiger partial charge in [0, 0.05) is 13.1 Å². The first-order chi connectivity index (χ1) is 5.66. The first-order valence-corrected chi connectivity index (χ1v) is 4.21. The molecular formula is C8H17NO3. The Morgan fingerprint density at radius 2 is 2.33 bits per heavy atom. The summed E-state index contributed by atoms with van der Waals surface area (Å²) in [5.41, 5.74) is 0. The molecule has 0 amide bonds. The van der Waals surface area contributed by atoms with Crippen LogP contribution in [0.2, 0.25) is 0 Å². The SMILES string of the molecule is CCOC(=O)CCNCC(C)O. The van der Waals surface area contributed by atoms with E-state index in [-0.39, 0.29) is 12.1 Å². The average Bonchev–Trinajstić information content (AvgIpc) is 1.98. The van der Waals surface area contributed by atoms with Gasteiger partial charge in [0.2, 0.25) is 0 Å². The zero-order valence-electron chi connectivity index (χ0n) is 7.67. The van der Waals surface area contributed by atoms with Gasteiger partial charge in [0.05, 0.1) is 19.1 Å². The van der Waals surface area contributed by atoms with E-state index in [1.54, 1.807) is 13.8 Å². The normalized spacial score (nSPS) is 12.6. The van der Waals surface area contributed by atoms with Crippen LogP contribution in [0.25, 0.3) is 0 Å². The smallest absolute Gasteiger partial charge is 0.307 e. The molecule has 0 aliphatic rings. The molecule has 1 unspecified atom stereocenters. The molecule has 0 aromatic carbocycles. The van der Waals surface area contributed by atoms with Gasteiger partial charge in [-0.2, -0.15) is 0 Å². The Hall–Kier alpha value is -0.610. The maximum absolute atomic E-state index is 10.8. The van der Waals surface area contributed by atoms with Crippen molar-refractivity contribution in [3.63, 3.8) is 0 Å². The van der Waals surface area contributed by atoms with E-state index in [2.05, 4.69) is 5.32 Å². The highest BCUT2D eigenvalue weighted by atomic mass is 16.5.